The molecule has 5 nitrogen and oxygen atoms in total. The Hall–Kier alpha value is -0.170. The zero-order valence-corrected chi connectivity index (χ0v) is 6.59. The molecule has 10 heavy (non-hydrogen) atoms. The van der Waals surface area contributed by atoms with Crippen molar-refractivity contribution in [3.05, 3.63) is 0 Å². The van der Waals surface area contributed by atoms with E-state index in [-0.39, 0.29) is 5.92 Å². The van der Waals surface area contributed by atoms with Crippen LogP contribution in [0.1, 0.15) is 13.8 Å². The van der Waals surface area contributed by atoms with E-state index in [2.05, 4.69) is 0 Å². The Morgan fingerprint density at radius 3 is 1.90 bits per heavy atom. The second kappa shape index (κ2) is 3.29. The van der Waals surface area contributed by atoms with Gasteiger partial charge in [0.1, 0.15) is 6.23 Å². The Bertz CT molecular complexity index is 185. The Kier molecular flexibility index (Phi) is 3.23. The van der Waals surface area contributed by atoms with E-state index < -0.39 is 16.5 Å². The smallest absolute Gasteiger partial charge is 0.335 e. The van der Waals surface area contributed by atoms with E-state index >= 15 is 0 Å². The molecule has 0 amide bonds. The fourth-order valence-electron chi connectivity index (χ4n) is 0.289. The average molecular weight is 169 g/mol. The van der Waals surface area contributed by atoms with Crippen molar-refractivity contribution in [3.8, 4) is 0 Å². The van der Waals surface area contributed by atoms with Crippen molar-refractivity contribution in [3.63, 3.8) is 0 Å². The molecule has 0 aromatic rings. The van der Waals surface area contributed by atoms with Crippen LogP contribution in [0.2, 0.25) is 0 Å². The predicted molar refractivity (Wildman–Crippen MR) is 35.5 cm³/mol. The highest BCUT2D eigenvalue weighted by Crippen LogP contribution is 1.97. The summed E-state index contributed by atoms with van der Waals surface area (Å²) in [5, 5.41) is 8.81. The van der Waals surface area contributed by atoms with Crippen LogP contribution in [0.25, 0.3) is 0 Å². The van der Waals surface area contributed by atoms with Crippen molar-refractivity contribution < 1.29 is 18.1 Å². The fourth-order valence-corrected chi connectivity index (χ4v) is 0.866. The van der Waals surface area contributed by atoms with Crippen molar-refractivity contribution >= 4 is 10.3 Å². The van der Waals surface area contributed by atoms with Gasteiger partial charge in [0.15, 0.2) is 0 Å². The maximum absolute atomic E-state index is 10.0. The molecule has 62 valence electrons. The Morgan fingerprint density at radius 2 is 1.80 bits per heavy atom. The number of aliphatic hydroxyl groups excluding tert-OH is 1. The first-order valence-corrected chi connectivity index (χ1v) is 4.20. The average Bonchev–Trinajstić information content (AvgIpc) is 1.60. The molecule has 0 heterocycles. The standard InChI is InChI=1S/C4H11NO4S/c1-3(2)4(6)5-10(7,8)9/h3-6H,1-2H3,(H,7,8,9). The lowest BCUT2D eigenvalue weighted by atomic mass is 10.2. The Balaban J connectivity index is 3.93. The van der Waals surface area contributed by atoms with Crippen LogP contribution >= 0.6 is 0 Å². The summed E-state index contributed by atoms with van der Waals surface area (Å²) in [5.41, 5.74) is 0. The van der Waals surface area contributed by atoms with Gasteiger partial charge < -0.3 is 5.11 Å². The number of nitrogens with one attached hydrogen (secondary N) is 1. The molecule has 0 rings (SSSR count). The molecule has 6 heteroatoms. The van der Waals surface area contributed by atoms with Crippen LogP contribution in [0, 0.1) is 5.92 Å². The molecule has 0 fully saturated rings. The maximum Gasteiger partial charge on any atom is 0.335 e. The van der Waals surface area contributed by atoms with E-state index in [0.717, 1.165) is 0 Å². The summed E-state index contributed by atoms with van der Waals surface area (Å²) in [6.45, 7) is 3.23. The Morgan fingerprint density at radius 1 is 1.40 bits per heavy atom. The topological polar surface area (TPSA) is 86.6 Å². The van der Waals surface area contributed by atoms with Gasteiger partial charge in [0.2, 0.25) is 0 Å². The lowest BCUT2D eigenvalue weighted by Gasteiger charge is -2.12. The van der Waals surface area contributed by atoms with E-state index in [1.165, 1.54) is 0 Å². The van der Waals surface area contributed by atoms with Gasteiger partial charge in [-0.1, -0.05) is 13.8 Å². The number of hydrogen-bond acceptors (Lipinski definition) is 3. The van der Waals surface area contributed by atoms with Gasteiger partial charge >= 0.3 is 10.3 Å². The molecule has 0 spiro atoms. The molecule has 1 atom stereocenters. The van der Waals surface area contributed by atoms with E-state index in [1.54, 1.807) is 18.6 Å². The van der Waals surface area contributed by atoms with Crippen LogP contribution in [-0.4, -0.2) is 24.3 Å². The quantitative estimate of drug-likeness (QED) is 0.387. The number of rotatable bonds is 3. The van der Waals surface area contributed by atoms with E-state index in [9.17, 15) is 8.42 Å². The fraction of sp³-hybridized carbons (Fsp3) is 1.00. The Labute approximate surface area is 59.9 Å². The molecule has 0 aromatic carbocycles. The van der Waals surface area contributed by atoms with Gasteiger partial charge in [-0.2, -0.15) is 13.1 Å². The van der Waals surface area contributed by atoms with Crippen LogP contribution in [0.3, 0.4) is 0 Å². The highest BCUT2D eigenvalue weighted by molar-refractivity contribution is 7.83. The third kappa shape index (κ3) is 4.68. The number of aliphatic hydroxyl groups is 1. The minimum Gasteiger partial charge on any atom is -0.377 e. The van der Waals surface area contributed by atoms with Gasteiger partial charge in [-0.05, 0) is 5.92 Å². The third-order valence-electron chi connectivity index (χ3n) is 0.901. The zero-order valence-electron chi connectivity index (χ0n) is 5.77. The molecular formula is C4H11NO4S. The monoisotopic (exact) mass is 169 g/mol. The van der Waals surface area contributed by atoms with Gasteiger partial charge in [0.05, 0.1) is 0 Å². The summed E-state index contributed by atoms with van der Waals surface area (Å²) in [6.07, 6.45) is -1.23. The van der Waals surface area contributed by atoms with Crippen molar-refractivity contribution in [2.75, 3.05) is 0 Å². The lowest BCUT2D eigenvalue weighted by molar-refractivity contribution is 0.112. The molecule has 0 aromatic heterocycles. The summed E-state index contributed by atoms with van der Waals surface area (Å²) in [7, 11) is -4.27. The predicted octanol–water partition coefficient (Wildman–Crippen LogP) is -0.647. The molecule has 1 unspecified atom stereocenters. The first-order chi connectivity index (χ1) is 4.33. The van der Waals surface area contributed by atoms with Gasteiger partial charge in [-0.15, -0.1) is 0 Å². The molecule has 0 bridgehead atoms. The maximum atomic E-state index is 10.0. The molecule has 0 aliphatic heterocycles. The third-order valence-corrected chi connectivity index (χ3v) is 1.44. The van der Waals surface area contributed by atoms with Crippen LogP contribution < -0.4 is 4.72 Å². The SMILES string of the molecule is CC(C)C(O)NS(=O)(=O)O. The molecule has 0 saturated heterocycles. The van der Waals surface area contributed by atoms with Crippen LogP contribution in [-0.2, 0) is 10.3 Å². The number of hydrogen-bond donors (Lipinski definition) is 3. The molecule has 0 saturated carbocycles. The normalized spacial score (nSPS) is 15.7. The summed E-state index contributed by atoms with van der Waals surface area (Å²) >= 11 is 0. The first-order valence-electron chi connectivity index (χ1n) is 2.75. The van der Waals surface area contributed by atoms with Crippen molar-refractivity contribution in [1.82, 2.24) is 4.72 Å². The summed E-state index contributed by atoms with van der Waals surface area (Å²) in [5.74, 6) is -0.262. The van der Waals surface area contributed by atoms with E-state index in [4.69, 9.17) is 9.66 Å². The van der Waals surface area contributed by atoms with Crippen LogP contribution in [0.15, 0.2) is 0 Å². The highest BCUT2D eigenvalue weighted by Gasteiger charge is 2.14. The van der Waals surface area contributed by atoms with E-state index in [1.807, 2.05) is 0 Å². The molecule has 3 N–H and O–H groups in total. The molecule has 0 aliphatic carbocycles. The molecular weight excluding hydrogens is 158 g/mol. The minimum atomic E-state index is -4.27. The van der Waals surface area contributed by atoms with Crippen molar-refractivity contribution in [2.24, 2.45) is 5.92 Å². The first kappa shape index (κ1) is 9.83. The second-order valence-electron chi connectivity index (χ2n) is 2.28. The van der Waals surface area contributed by atoms with Crippen molar-refractivity contribution in [1.29, 1.82) is 0 Å². The second-order valence-corrected chi connectivity index (χ2v) is 3.47. The summed E-state index contributed by atoms with van der Waals surface area (Å²) in [4.78, 5) is 0. The zero-order chi connectivity index (χ0) is 8.36. The molecule has 0 aliphatic rings. The lowest BCUT2D eigenvalue weighted by Crippen LogP contribution is -2.37. The summed E-state index contributed by atoms with van der Waals surface area (Å²) in [6, 6.07) is 0. The minimum absolute atomic E-state index is 0.262. The highest BCUT2D eigenvalue weighted by atomic mass is 32.2. The van der Waals surface area contributed by atoms with Gasteiger partial charge in [0, 0.05) is 0 Å². The van der Waals surface area contributed by atoms with Gasteiger partial charge in [-0.3, -0.25) is 4.55 Å². The van der Waals surface area contributed by atoms with Gasteiger partial charge in [-0.25, -0.2) is 0 Å². The van der Waals surface area contributed by atoms with E-state index in [0.29, 0.717) is 0 Å². The largest absolute Gasteiger partial charge is 0.377 e. The van der Waals surface area contributed by atoms with Crippen LogP contribution in [0.4, 0.5) is 0 Å². The van der Waals surface area contributed by atoms with Crippen molar-refractivity contribution in [2.45, 2.75) is 20.1 Å². The summed E-state index contributed by atoms with van der Waals surface area (Å²) < 4.78 is 29.8. The van der Waals surface area contributed by atoms with Crippen LogP contribution in [0.5, 0.6) is 0 Å². The molecule has 0 radical (unpaired) electrons. The van der Waals surface area contributed by atoms with Gasteiger partial charge in [0.25, 0.3) is 0 Å².